The first-order valence-electron chi connectivity index (χ1n) is 23.4. The molecule has 0 bridgehead atoms. The van der Waals surface area contributed by atoms with Gasteiger partial charge in [-0.2, -0.15) is 0 Å². The van der Waals surface area contributed by atoms with E-state index in [4.69, 9.17) is 5.73 Å². The molecule has 318 valence electrons. The second kappa shape index (κ2) is 37.4. The van der Waals surface area contributed by atoms with E-state index in [0.29, 0.717) is 12.8 Å². The quantitative estimate of drug-likeness (QED) is 0.0319. The van der Waals surface area contributed by atoms with Crippen molar-refractivity contribution < 1.29 is 24.2 Å². The molecule has 0 fully saturated rings. The Hall–Kier alpha value is -1.14. The number of carbonyl (C=O) groups is 2. The van der Waals surface area contributed by atoms with Gasteiger partial charge in [0.25, 0.3) is 0 Å². The molecule has 0 aliphatic rings. The SMILES string of the molecule is CCCCCCCCCC/C=C/NC(N)(C(=O)CCCCCCCCCCCCCCC)C(O)(C(=O)CCCCCCCCCCCCCCC)[P+](=O)[O-]. The molecule has 0 aromatic rings. The number of hydrogen-bond acceptors (Lipinski definition) is 7. The van der Waals surface area contributed by atoms with Gasteiger partial charge in [0.05, 0.1) is 0 Å². The molecule has 0 aromatic carbocycles. The number of ketones is 2. The van der Waals surface area contributed by atoms with Gasteiger partial charge in [0, 0.05) is 12.8 Å². The highest BCUT2D eigenvalue weighted by molar-refractivity contribution is 7.40. The Bertz CT molecular complexity index is 931. The van der Waals surface area contributed by atoms with Crippen molar-refractivity contribution in [2.75, 3.05) is 0 Å². The van der Waals surface area contributed by atoms with Crippen LogP contribution in [0.2, 0.25) is 0 Å². The number of carbonyl (C=O) groups excluding carboxylic acids is 2. The molecule has 0 saturated heterocycles. The number of unbranched alkanes of at least 4 members (excludes halogenated alkanes) is 32. The number of aliphatic hydroxyl groups is 1. The lowest BCUT2D eigenvalue weighted by atomic mass is 9.89. The first-order valence-corrected chi connectivity index (χ1v) is 24.5. The minimum absolute atomic E-state index is 0.00460. The number of Topliss-reactive ketones (excluding diaryl/α,β-unsaturated/α-hetero) is 2. The third-order valence-electron chi connectivity index (χ3n) is 11.3. The topological polar surface area (TPSA) is 133 Å². The van der Waals surface area contributed by atoms with Crippen molar-refractivity contribution in [3.63, 3.8) is 0 Å². The molecule has 0 amide bonds. The monoisotopic (exact) mass is 781 g/mol. The maximum Gasteiger partial charge on any atom is 0.361 e. The normalized spacial score (nSPS) is 14.3. The highest BCUT2D eigenvalue weighted by atomic mass is 31.1. The zero-order valence-corrected chi connectivity index (χ0v) is 36.8. The molecule has 0 radical (unpaired) electrons. The van der Waals surface area contributed by atoms with E-state index in [2.05, 4.69) is 26.1 Å². The van der Waals surface area contributed by atoms with E-state index in [9.17, 15) is 24.2 Å². The van der Waals surface area contributed by atoms with E-state index < -0.39 is 30.6 Å². The minimum atomic E-state index is -3.76. The fourth-order valence-electron chi connectivity index (χ4n) is 7.49. The molecular weight excluding hydrogens is 691 g/mol. The standard InChI is InChI=1S/C46H89N2O5P/c1-4-7-10-13-16-19-22-24-26-28-31-34-37-40-43(49)45(47,48-42-39-36-33-30-21-18-15-12-9-6-3)46(51,54(52)53)44(50)41-38-35-32-29-27-25-23-20-17-14-11-8-5-2/h39,42,48,51H,4-38,40-41,47H2,1-3H3/b42-39+. The van der Waals surface area contributed by atoms with Gasteiger partial charge in [-0.05, 0) is 31.9 Å². The lowest BCUT2D eigenvalue weighted by molar-refractivity contribution is -0.188. The summed E-state index contributed by atoms with van der Waals surface area (Å²) < 4.78 is 12.7. The summed E-state index contributed by atoms with van der Waals surface area (Å²) in [4.78, 5) is 39.9. The van der Waals surface area contributed by atoms with Crippen molar-refractivity contribution in [3.8, 4) is 0 Å². The Morgan fingerprint density at radius 1 is 0.519 bits per heavy atom. The summed E-state index contributed by atoms with van der Waals surface area (Å²) in [7, 11) is -3.76. The van der Waals surface area contributed by atoms with Crippen LogP contribution in [0.15, 0.2) is 12.3 Å². The number of rotatable bonds is 43. The number of allylic oxidation sites excluding steroid dienone is 1. The first-order chi connectivity index (χ1) is 26.2. The molecule has 4 N–H and O–H groups in total. The van der Waals surface area contributed by atoms with Crippen LogP contribution in [0.4, 0.5) is 0 Å². The summed E-state index contributed by atoms with van der Waals surface area (Å²) in [6, 6.07) is 0. The molecule has 3 atom stereocenters. The molecule has 0 aromatic heterocycles. The van der Waals surface area contributed by atoms with Crippen LogP contribution in [0.1, 0.15) is 258 Å². The largest absolute Gasteiger partial charge is 0.593 e. The van der Waals surface area contributed by atoms with Gasteiger partial charge in [-0.25, -0.2) is 0 Å². The average molecular weight is 781 g/mol. The van der Waals surface area contributed by atoms with E-state index in [1.54, 1.807) is 0 Å². The van der Waals surface area contributed by atoms with E-state index in [1.807, 2.05) is 6.08 Å². The van der Waals surface area contributed by atoms with Crippen LogP contribution in [0.25, 0.3) is 0 Å². The molecule has 0 heterocycles. The summed E-state index contributed by atoms with van der Waals surface area (Å²) in [5, 5.41) is 11.4. The zero-order valence-electron chi connectivity index (χ0n) is 35.9. The van der Waals surface area contributed by atoms with Gasteiger partial charge in [-0.1, -0.05) is 230 Å². The number of nitrogens with two attached hydrogens (primary N) is 1. The van der Waals surface area contributed by atoms with Gasteiger partial charge < -0.3 is 15.3 Å². The van der Waals surface area contributed by atoms with Gasteiger partial charge in [0.15, 0.2) is 5.78 Å². The van der Waals surface area contributed by atoms with E-state index in [0.717, 1.165) is 64.2 Å². The van der Waals surface area contributed by atoms with E-state index >= 15 is 0 Å². The molecule has 0 aliphatic carbocycles. The Morgan fingerprint density at radius 2 is 0.796 bits per heavy atom. The summed E-state index contributed by atoms with van der Waals surface area (Å²) >= 11 is 0. The summed E-state index contributed by atoms with van der Waals surface area (Å²) in [6.45, 7) is 6.70. The molecule has 54 heavy (non-hydrogen) atoms. The number of nitrogens with one attached hydrogen (secondary N) is 1. The van der Waals surface area contributed by atoms with Crippen molar-refractivity contribution in [2.24, 2.45) is 5.73 Å². The summed E-state index contributed by atoms with van der Waals surface area (Å²) in [5.74, 6) is -1.53. The van der Waals surface area contributed by atoms with Crippen LogP contribution in [0.3, 0.4) is 0 Å². The van der Waals surface area contributed by atoms with Crippen LogP contribution >= 0.6 is 8.03 Å². The lowest BCUT2D eigenvalue weighted by Gasteiger charge is -2.36. The third kappa shape index (κ3) is 25.9. The fraction of sp³-hybridized carbons (Fsp3) is 0.913. The van der Waals surface area contributed by atoms with Crippen LogP contribution in [-0.2, 0) is 14.2 Å². The van der Waals surface area contributed by atoms with Crippen LogP contribution in [-0.4, -0.2) is 27.7 Å². The molecule has 3 unspecified atom stereocenters. The van der Waals surface area contributed by atoms with Crippen LogP contribution < -0.4 is 15.9 Å². The molecule has 8 heteroatoms. The van der Waals surface area contributed by atoms with E-state index in [1.165, 1.54) is 154 Å². The maximum absolute atomic E-state index is 13.7. The number of hydrogen-bond donors (Lipinski definition) is 3. The van der Waals surface area contributed by atoms with Gasteiger partial charge in [0.2, 0.25) is 11.4 Å². The summed E-state index contributed by atoms with van der Waals surface area (Å²) in [5.41, 5.74) is 4.12. The third-order valence-corrected chi connectivity index (χ3v) is 12.4. The second-order valence-electron chi connectivity index (χ2n) is 16.4. The summed E-state index contributed by atoms with van der Waals surface area (Å²) in [6.07, 6.45) is 43.4. The van der Waals surface area contributed by atoms with Crippen molar-refractivity contribution in [2.45, 2.75) is 269 Å². The Balaban J connectivity index is 5.01. The predicted octanol–water partition coefficient (Wildman–Crippen LogP) is 13.2. The Labute approximate surface area is 335 Å². The predicted molar refractivity (Wildman–Crippen MR) is 230 cm³/mol. The van der Waals surface area contributed by atoms with Crippen molar-refractivity contribution >= 4 is 19.6 Å². The molecule has 0 rings (SSSR count). The average Bonchev–Trinajstić information content (AvgIpc) is 3.16. The minimum Gasteiger partial charge on any atom is -0.593 e. The van der Waals surface area contributed by atoms with Gasteiger partial charge in [-0.15, -0.1) is 0 Å². The van der Waals surface area contributed by atoms with Crippen molar-refractivity contribution in [3.05, 3.63) is 12.3 Å². The van der Waals surface area contributed by atoms with Crippen molar-refractivity contribution in [1.82, 2.24) is 5.32 Å². The smallest absolute Gasteiger partial charge is 0.361 e. The Kier molecular flexibility index (Phi) is 36.6. The van der Waals surface area contributed by atoms with Gasteiger partial charge in [0.1, 0.15) is 0 Å². The van der Waals surface area contributed by atoms with Crippen molar-refractivity contribution in [1.29, 1.82) is 0 Å². The highest BCUT2D eigenvalue weighted by Crippen LogP contribution is 2.40. The lowest BCUT2D eigenvalue weighted by Crippen LogP contribution is -2.74. The van der Waals surface area contributed by atoms with Gasteiger partial charge >= 0.3 is 13.4 Å². The van der Waals surface area contributed by atoms with Crippen LogP contribution in [0, 0.1) is 0 Å². The Morgan fingerprint density at radius 3 is 1.11 bits per heavy atom. The second-order valence-corrected chi connectivity index (χ2v) is 17.5. The molecule has 0 aliphatic heterocycles. The van der Waals surface area contributed by atoms with Gasteiger partial charge in [-0.3, -0.25) is 15.3 Å². The maximum atomic E-state index is 13.7. The fourth-order valence-corrected chi connectivity index (χ4v) is 8.28. The molecule has 0 saturated carbocycles. The molecule has 7 nitrogen and oxygen atoms in total. The van der Waals surface area contributed by atoms with E-state index in [-0.39, 0.29) is 12.8 Å². The molecular formula is C46H89N2O5P. The molecule has 0 spiro atoms. The first kappa shape index (κ1) is 52.9. The zero-order chi connectivity index (χ0) is 40.0. The van der Waals surface area contributed by atoms with Crippen LogP contribution in [0.5, 0.6) is 0 Å². The highest BCUT2D eigenvalue weighted by Gasteiger charge is 2.67.